The van der Waals surface area contributed by atoms with Crippen molar-refractivity contribution in [2.45, 2.75) is 52.5 Å². The van der Waals surface area contributed by atoms with Crippen LogP contribution in [0, 0.1) is 5.92 Å². The van der Waals surface area contributed by atoms with Crippen LogP contribution in [0.1, 0.15) is 45.6 Å². The van der Waals surface area contributed by atoms with Gasteiger partial charge in [0.1, 0.15) is 0 Å². The molecule has 0 fully saturated rings. The topological polar surface area (TPSA) is 29.9 Å². The molecule has 0 spiro atoms. The Morgan fingerprint density at radius 2 is 2.18 bits per heavy atom. The van der Waals surface area contributed by atoms with E-state index in [2.05, 4.69) is 37.4 Å². The van der Waals surface area contributed by atoms with Crippen molar-refractivity contribution >= 4 is 0 Å². The maximum atomic E-state index is 4.22. The van der Waals surface area contributed by atoms with Crippen LogP contribution in [0.4, 0.5) is 0 Å². The van der Waals surface area contributed by atoms with Gasteiger partial charge in [-0.2, -0.15) is 5.10 Å². The fraction of sp³-hybridized carbons (Fsp3) is 0.786. The van der Waals surface area contributed by atoms with Crippen LogP contribution in [-0.2, 0) is 13.5 Å². The maximum absolute atomic E-state index is 4.22. The molecule has 1 aromatic heterocycles. The molecule has 98 valence electrons. The molecular formula is C14H27N3. The van der Waals surface area contributed by atoms with Gasteiger partial charge in [0.25, 0.3) is 0 Å². The Hall–Kier alpha value is -0.830. The molecule has 0 aliphatic heterocycles. The van der Waals surface area contributed by atoms with E-state index in [1.165, 1.54) is 24.8 Å². The molecule has 0 aliphatic carbocycles. The van der Waals surface area contributed by atoms with Crippen molar-refractivity contribution < 1.29 is 0 Å². The minimum absolute atomic E-state index is 0.639. The minimum Gasteiger partial charge on any atom is -0.314 e. The van der Waals surface area contributed by atoms with Gasteiger partial charge in [0.2, 0.25) is 0 Å². The number of nitrogens with zero attached hydrogens (tertiary/aromatic N) is 2. The molecule has 1 rings (SSSR count). The summed E-state index contributed by atoms with van der Waals surface area (Å²) in [7, 11) is 1.98. The second-order valence-corrected chi connectivity index (χ2v) is 5.01. The number of hydrogen-bond donors (Lipinski definition) is 1. The lowest BCUT2D eigenvalue weighted by Crippen LogP contribution is -2.35. The van der Waals surface area contributed by atoms with E-state index in [0.29, 0.717) is 6.04 Å². The third kappa shape index (κ3) is 4.90. The van der Waals surface area contributed by atoms with E-state index in [-0.39, 0.29) is 0 Å². The lowest BCUT2D eigenvalue weighted by atomic mass is 9.94. The Kier molecular flexibility index (Phi) is 6.27. The van der Waals surface area contributed by atoms with E-state index >= 15 is 0 Å². The average molecular weight is 237 g/mol. The second kappa shape index (κ2) is 7.49. The van der Waals surface area contributed by atoms with E-state index in [4.69, 9.17) is 0 Å². The smallest absolute Gasteiger partial charge is 0.0521 e. The predicted molar refractivity (Wildman–Crippen MR) is 73.1 cm³/mol. The molecule has 0 radical (unpaired) electrons. The first kappa shape index (κ1) is 14.2. The SMILES string of the molecule is CCCNC(CCc1cnn(C)c1)C(C)CC. The van der Waals surface area contributed by atoms with Crippen molar-refractivity contribution in [1.82, 2.24) is 15.1 Å². The summed E-state index contributed by atoms with van der Waals surface area (Å²) in [6.07, 6.45) is 8.88. The van der Waals surface area contributed by atoms with Crippen molar-refractivity contribution in [3.63, 3.8) is 0 Å². The molecule has 1 N–H and O–H groups in total. The van der Waals surface area contributed by atoms with Crippen LogP contribution >= 0.6 is 0 Å². The van der Waals surface area contributed by atoms with E-state index < -0.39 is 0 Å². The van der Waals surface area contributed by atoms with Gasteiger partial charge in [-0.1, -0.05) is 27.2 Å². The summed E-state index contributed by atoms with van der Waals surface area (Å²) in [5, 5.41) is 7.89. The highest BCUT2D eigenvalue weighted by molar-refractivity contribution is 5.04. The third-order valence-corrected chi connectivity index (χ3v) is 3.49. The van der Waals surface area contributed by atoms with E-state index in [0.717, 1.165) is 18.9 Å². The largest absolute Gasteiger partial charge is 0.314 e. The van der Waals surface area contributed by atoms with Crippen LogP contribution in [0.15, 0.2) is 12.4 Å². The van der Waals surface area contributed by atoms with E-state index in [9.17, 15) is 0 Å². The standard InChI is InChI=1S/C14H27N3/c1-5-9-15-14(12(3)6-2)8-7-13-10-16-17(4)11-13/h10-12,14-15H,5-9H2,1-4H3. The zero-order valence-corrected chi connectivity index (χ0v) is 11.7. The summed E-state index contributed by atoms with van der Waals surface area (Å²) in [4.78, 5) is 0. The van der Waals surface area contributed by atoms with Gasteiger partial charge in [0, 0.05) is 19.3 Å². The maximum Gasteiger partial charge on any atom is 0.0521 e. The Morgan fingerprint density at radius 3 is 2.71 bits per heavy atom. The molecule has 3 heteroatoms. The van der Waals surface area contributed by atoms with Gasteiger partial charge in [-0.15, -0.1) is 0 Å². The fourth-order valence-corrected chi connectivity index (χ4v) is 2.13. The van der Waals surface area contributed by atoms with Crippen molar-refractivity contribution in [3.05, 3.63) is 18.0 Å². The van der Waals surface area contributed by atoms with Crippen molar-refractivity contribution in [3.8, 4) is 0 Å². The Morgan fingerprint density at radius 1 is 1.41 bits per heavy atom. The molecule has 3 nitrogen and oxygen atoms in total. The highest BCUT2D eigenvalue weighted by atomic mass is 15.2. The van der Waals surface area contributed by atoms with Crippen LogP contribution in [-0.4, -0.2) is 22.4 Å². The average Bonchev–Trinajstić information content (AvgIpc) is 2.74. The first-order chi connectivity index (χ1) is 8.17. The molecule has 0 amide bonds. The molecule has 0 saturated heterocycles. The lowest BCUT2D eigenvalue weighted by Gasteiger charge is -2.24. The molecule has 1 heterocycles. The van der Waals surface area contributed by atoms with Gasteiger partial charge < -0.3 is 5.32 Å². The van der Waals surface area contributed by atoms with Crippen LogP contribution in [0.5, 0.6) is 0 Å². The lowest BCUT2D eigenvalue weighted by molar-refractivity contribution is 0.348. The number of hydrogen-bond acceptors (Lipinski definition) is 2. The Balaban J connectivity index is 2.42. The summed E-state index contributed by atoms with van der Waals surface area (Å²) < 4.78 is 1.88. The molecule has 0 aliphatic rings. The molecule has 1 aromatic rings. The Bertz CT molecular complexity index is 306. The number of nitrogens with one attached hydrogen (secondary N) is 1. The van der Waals surface area contributed by atoms with Crippen LogP contribution in [0.3, 0.4) is 0 Å². The second-order valence-electron chi connectivity index (χ2n) is 5.01. The van der Waals surface area contributed by atoms with E-state index in [1.54, 1.807) is 0 Å². The molecule has 0 bridgehead atoms. The van der Waals surface area contributed by atoms with Crippen LogP contribution in [0.2, 0.25) is 0 Å². The minimum atomic E-state index is 0.639. The van der Waals surface area contributed by atoms with Crippen LogP contribution in [0.25, 0.3) is 0 Å². The van der Waals surface area contributed by atoms with Crippen molar-refractivity contribution in [1.29, 1.82) is 0 Å². The molecular weight excluding hydrogens is 210 g/mol. The van der Waals surface area contributed by atoms with Gasteiger partial charge in [0.05, 0.1) is 6.20 Å². The molecule has 2 unspecified atom stereocenters. The summed E-state index contributed by atoms with van der Waals surface area (Å²) in [5.74, 6) is 0.748. The number of aromatic nitrogens is 2. The third-order valence-electron chi connectivity index (χ3n) is 3.49. The van der Waals surface area contributed by atoms with Gasteiger partial charge in [-0.25, -0.2) is 0 Å². The molecule has 0 saturated carbocycles. The van der Waals surface area contributed by atoms with Gasteiger partial charge in [-0.05, 0) is 37.3 Å². The molecule has 2 atom stereocenters. The van der Waals surface area contributed by atoms with Gasteiger partial charge >= 0.3 is 0 Å². The molecule has 17 heavy (non-hydrogen) atoms. The summed E-state index contributed by atoms with van der Waals surface area (Å²) in [6.45, 7) is 7.97. The number of rotatable bonds is 8. The van der Waals surface area contributed by atoms with Gasteiger partial charge in [-0.3, -0.25) is 4.68 Å². The fourth-order valence-electron chi connectivity index (χ4n) is 2.13. The number of aryl methyl sites for hydroxylation is 2. The van der Waals surface area contributed by atoms with Crippen LogP contribution < -0.4 is 5.32 Å². The first-order valence-electron chi connectivity index (χ1n) is 6.88. The summed E-state index contributed by atoms with van der Waals surface area (Å²) >= 11 is 0. The highest BCUT2D eigenvalue weighted by Crippen LogP contribution is 2.14. The van der Waals surface area contributed by atoms with Crippen molar-refractivity contribution in [2.75, 3.05) is 6.54 Å². The van der Waals surface area contributed by atoms with Gasteiger partial charge in [0.15, 0.2) is 0 Å². The zero-order chi connectivity index (χ0) is 12.7. The normalized spacial score (nSPS) is 14.8. The summed E-state index contributed by atoms with van der Waals surface area (Å²) in [5.41, 5.74) is 1.35. The molecule has 0 aromatic carbocycles. The quantitative estimate of drug-likeness (QED) is 0.753. The predicted octanol–water partition coefficient (Wildman–Crippen LogP) is 2.77. The van der Waals surface area contributed by atoms with E-state index in [1.807, 2.05) is 17.9 Å². The van der Waals surface area contributed by atoms with Crippen molar-refractivity contribution in [2.24, 2.45) is 13.0 Å². The summed E-state index contributed by atoms with van der Waals surface area (Å²) in [6, 6.07) is 0.639. The Labute approximate surface area is 106 Å². The highest BCUT2D eigenvalue weighted by Gasteiger charge is 2.14. The zero-order valence-electron chi connectivity index (χ0n) is 11.7. The monoisotopic (exact) mass is 237 g/mol. The first-order valence-corrected chi connectivity index (χ1v) is 6.88.